The molecule has 0 fully saturated rings. The molecule has 69 heavy (non-hydrogen) atoms. The van der Waals surface area contributed by atoms with Gasteiger partial charge in [-0.1, -0.05) is 92.9 Å². The molecule has 9 aromatic rings. The minimum Gasteiger partial charge on any atom is -0.456 e. The van der Waals surface area contributed by atoms with Crippen LogP contribution in [0.5, 0.6) is 0 Å². The van der Waals surface area contributed by atoms with E-state index in [0.29, 0.717) is 0 Å². The maximum absolute atomic E-state index is 7.16. The van der Waals surface area contributed by atoms with E-state index in [0.717, 1.165) is 0 Å². The molecule has 9 rings (SSSR count). The van der Waals surface area contributed by atoms with Crippen LogP contribution in [0.25, 0.3) is 87.6 Å². The molecule has 1 aromatic heterocycles. The predicted molar refractivity (Wildman–Crippen MR) is 323 cm³/mol. The van der Waals surface area contributed by atoms with Crippen LogP contribution in [0.1, 0.15) is 0 Å². The molecule has 0 aliphatic heterocycles. The molecule has 27 heteroatoms. The Bertz CT molecular complexity index is 3860. The van der Waals surface area contributed by atoms with E-state index < -0.39 is 0 Å². The molecule has 0 aliphatic carbocycles. The molecule has 0 saturated heterocycles. The van der Waals surface area contributed by atoms with Gasteiger partial charge >= 0.3 is 0 Å². The molecule has 8 aromatic carbocycles. The number of furan rings is 1. The maximum atomic E-state index is 7.16. The van der Waals surface area contributed by atoms with E-state index in [1.807, 2.05) is 0 Å². The SMILES string of the molecule is [B]c1c([B])c(-c2c3c([B])c([B])c([B])c([B])c3c(-c3c([B])c([B])c4c([B])c([B])c([B])c([B])c4c3[B])c3c([B])c([B])c([B])c([B])c23)c([B])c([B])c1-c1c([B])c([B])c([B])c2c1oc1c([B])c([B])c([B])c([B])c12. The lowest BCUT2D eigenvalue weighted by Crippen LogP contribution is -2.53. The second-order valence-corrected chi connectivity index (χ2v) is 16.8. The largest absolute Gasteiger partial charge is 0.456 e. The monoisotopic (exact) mass is 806 g/mol. The van der Waals surface area contributed by atoms with Crippen LogP contribution in [0.3, 0.4) is 0 Å². The zero-order valence-corrected chi connectivity index (χ0v) is 36.4. The second kappa shape index (κ2) is 16.8. The van der Waals surface area contributed by atoms with Gasteiger partial charge in [0, 0.05) is 16.3 Å². The summed E-state index contributed by atoms with van der Waals surface area (Å²) < 4.78 is 6.35. The zero-order valence-electron chi connectivity index (χ0n) is 36.4. The molecular formula is C42B26O. The van der Waals surface area contributed by atoms with Crippen LogP contribution in [0.15, 0.2) is 4.42 Å². The van der Waals surface area contributed by atoms with Gasteiger partial charge in [0.2, 0.25) is 0 Å². The summed E-state index contributed by atoms with van der Waals surface area (Å²) in [6.45, 7) is 0. The Morgan fingerprint density at radius 2 is 0.333 bits per heavy atom. The summed E-state index contributed by atoms with van der Waals surface area (Å²) in [5.74, 6) is 0. The van der Waals surface area contributed by atoms with Crippen LogP contribution in [0, 0.1) is 0 Å². The fourth-order valence-corrected chi connectivity index (χ4v) is 9.65. The van der Waals surface area contributed by atoms with Crippen molar-refractivity contribution in [1.29, 1.82) is 0 Å². The average molecular weight is 802 g/mol. The first-order valence-corrected chi connectivity index (χ1v) is 20.2. The maximum Gasteiger partial charge on any atom is 0.141 e. The van der Waals surface area contributed by atoms with Crippen molar-refractivity contribution < 1.29 is 4.42 Å². The molecule has 0 bridgehead atoms. The highest BCUT2D eigenvalue weighted by atomic mass is 16.3. The Labute approximate surface area is 435 Å². The summed E-state index contributed by atoms with van der Waals surface area (Å²) in [5, 5.41) is 0.461. The summed E-state index contributed by atoms with van der Waals surface area (Å²) in [6, 6.07) is 0. The van der Waals surface area contributed by atoms with E-state index in [2.05, 4.69) is 0 Å². The van der Waals surface area contributed by atoms with Gasteiger partial charge in [0.25, 0.3) is 0 Å². The van der Waals surface area contributed by atoms with E-state index in [4.69, 9.17) is 208 Å². The van der Waals surface area contributed by atoms with E-state index in [-0.39, 0.29) is 230 Å². The van der Waals surface area contributed by atoms with Crippen LogP contribution >= 0.6 is 0 Å². The summed E-state index contributed by atoms with van der Waals surface area (Å²) in [4.78, 5) is 0. The van der Waals surface area contributed by atoms with Crippen LogP contribution in [0.4, 0.5) is 0 Å². The molecule has 0 amide bonds. The molecule has 0 N–H and O–H groups in total. The lowest BCUT2D eigenvalue weighted by Gasteiger charge is -2.33. The lowest BCUT2D eigenvalue weighted by molar-refractivity contribution is 0.673. The quantitative estimate of drug-likeness (QED) is 0.128. The first-order valence-electron chi connectivity index (χ1n) is 20.2. The van der Waals surface area contributed by atoms with Crippen molar-refractivity contribution in [2.75, 3.05) is 0 Å². The van der Waals surface area contributed by atoms with Crippen molar-refractivity contribution in [2.24, 2.45) is 0 Å². The van der Waals surface area contributed by atoms with Crippen molar-refractivity contribution in [2.45, 2.75) is 0 Å². The minimum atomic E-state index is -0.259. The van der Waals surface area contributed by atoms with Gasteiger partial charge in [-0.05, 0) is 60.1 Å². The third-order valence-electron chi connectivity index (χ3n) is 13.4. The van der Waals surface area contributed by atoms with Crippen molar-refractivity contribution >= 4 is 400 Å². The van der Waals surface area contributed by atoms with E-state index >= 15 is 0 Å². The van der Waals surface area contributed by atoms with Crippen molar-refractivity contribution in [1.82, 2.24) is 0 Å². The molecule has 0 unspecified atom stereocenters. The fraction of sp³-hybridized carbons (Fsp3) is 0. The first kappa shape index (κ1) is 50.0. The lowest BCUT2D eigenvalue weighted by atomic mass is 9.55. The van der Waals surface area contributed by atoms with E-state index in [1.165, 1.54) is 0 Å². The van der Waals surface area contributed by atoms with Crippen molar-refractivity contribution in [3.8, 4) is 33.4 Å². The van der Waals surface area contributed by atoms with Gasteiger partial charge in [-0.3, -0.25) is 0 Å². The summed E-state index contributed by atoms with van der Waals surface area (Å²) in [7, 11) is 175. The smallest absolute Gasteiger partial charge is 0.141 e. The molecule has 52 radical (unpaired) electrons. The summed E-state index contributed by atoms with van der Waals surface area (Å²) in [5.41, 5.74) is -3.96. The van der Waals surface area contributed by atoms with E-state index in [9.17, 15) is 0 Å². The molecule has 0 aliphatic rings. The molecule has 0 saturated carbocycles. The zero-order chi connectivity index (χ0) is 51.0. The second-order valence-electron chi connectivity index (χ2n) is 16.8. The number of benzene rings is 8. The van der Waals surface area contributed by atoms with E-state index in [1.54, 1.807) is 0 Å². The topological polar surface area (TPSA) is 13.1 Å². The fourth-order valence-electron chi connectivity index (χ4n) is 9.65. The van der Waals surface area contributed by atoms with Crippen LogP contribution < -0.4 is 142 Å². The van der Waals surface area contributed by atoms with Gasteiger partial charge in [-0.25, -0.2) is 0 Å². The van der Waals surface area contributed by atoms with Gasteiger partial charge in [-0.15, -0.1) is 49.2 Å². The van der Waals surface area contributed by atoms with Crippen LogP contribution in [0.2, 0.25) is 0 Å². The Morgan fingerprint density at radius 1 is 0.130 bits per heavy atom. The number of hydrogen-bond donors (Lipinski definition) is 0. The Balaban J connectivity index is 1.54. The van der Waals surface area contributed by atoms with Gasteiger partial charge in [0.1, 0.15) is 215 Å². The number of rotatable bonds is 3. The van der Waals surface area contributed by atoms with Gasteiger partial charge < -0.3 is 4.42 Å². The third-order valence-corrected chi connectivity index (χ3v) is 13.4. The van der Waals surface area contributed by atoms with Gasteiger partial charge in [-0.2, -0.15) is 0 Å². The molecule has 0 atom stereocenters. The van der Waals surface area contributed by atoms with Gasteiger partial charge in [0.05, 0.1) is 0 Å². The summed E-state index contributed by atoms with van der Waals surface area (Å²) in [6.07, 6.45) is 0. The highest BCUT2D eigenvalue weighted by molar-refractivity contribution is 6.77. The van der Waals surface area contributed by atoms with Crippen molar-refractivity contribution in [3.05, 3.63) is 0 Å². The molecule has 252 valence electrons. The molecule has 0 spiro atoms. The first-order chi connectivity index (χ1) is 32.2. The Morgan fingerprint density at radius 3 is 0.696 bits per heavy atom. The standard InChI is InChI=1S/C42B26O/c43-15-7(20(48)23(51)10-9(15)26(54)36(64)37(65)27(10)55)1-3-5(18(46)34(62)32(60)16(3)44)2(6-4(1)17(45)33(61)35(63)19(6)47)8-21(49)24(52)11(25(53)22(8)50)12-28(56)31(59)29(57)13-14-30(58)38(66)39(67)40(68)42(14)69-41(12)13. The Hall–Kier alpha value is -3.97. The molecular weight excluding hydrogens is 802 g/mol. The minimum absolute atomic E-state index is 0.00244. The van der Waals surface area contributed by atoms with Crippen LogP contribution in [-0.2, 0) is 0 Å². The predicted octanol–water partition coefficient (Wildman–Crippen LogP) is -19.3. The Kier molecular flexibility index (Phi) is 12.2. The number of fused-ring (bicyclic) bond motifs is 6. The number of hydrogen-bond acceptors (Lipinski definition) is 1. The van der Waals surface area contributed by atoms with Crippen LogP contribution in [-0.4, -0.2) is 204 Å². The molecule has 1 heterocycles. The highest BCUT2D eigenvalue weighted by Crippen LogP contribution is 2.39. The molecule has 1 nitrogen and oxygen atoms in total. The van der Waals surface area contributed by atoms with Crippen molar-refractivity contribution in [3.63, 3.8) is 0 Å². The highest BCUT2D eigenvalue weighted by Gasteiger charge is 2.31. The normalized spacial score (nSPS) is 11.8. The average Bonchev–Trinajstić information content (AvgIpc) is 3.72. The third kappa shape index (κ3) is 6.41. The summed E-state index contributed by atoms with van der Waals surface area (Å²) >= 11 is 0. The van der Waals surface area contributed by atoms with Gasteiger partial charge in [0.15, 0.2) is 0 Å².